The van der Waals surface area contributed by atoms with Crippen LogP contribution in [-0.4, -0.2) is 24.5 Å². The van der Waals surface area contributed by atoms with E-state index in [1.54, 1.807) is 0 Å². The van der Waals surface area contributed by atoms with E-state index in [0.29, 0.717) is 0 Å². The van der Waals surface area contributed by atoms with Crippen molar-refractivity contribution in [1.29, 1.82) is 0 Å². The van der Waals surface area contributed by atoms with Gasteiger partial charge in [0.2, 0.25) is 0 Å². The van der Waals surface area contributed by atoms with E-state index in [0.717, 1.165) is 35.5 Å². The van der Waals surface area contributed by atoms with Crippen LogP contribution < -0.4 is 0 Å². The van der Waals surface area contributed by atoms with E-state index in [2.05, 4.69) is 36.1 Å². The Morgan fingerprint density at radius 2 is 1.41 bits per heavy atom. The molecule has 0 amide bonds. The molecule has 1 saturated carbocycles. The Hall–Kier alpha value is -0.560. The number of nitrogens with zero attached hydrogens (tertiary/aromatic N) is 1. The molecule has 4 aliphatic carbocycles. The standard InChI is InChI=1S/C16H23N/c1-2-3-8-17-9-15-13-6-7-14(16(15)10-17)12-5-4-11(12)13/h4-7,11-16H,2-3,8-10H2,1H3. The molecule has 1 saturated heterocycles. The molecule has 17 heavy (non-hydrogen) atoms. The lowest BCUT2D eigenvalue weighted by molar-refractivity contribution is 0.0672. The number of hydrogen-bond acceptors (Lipinski definition) is 1. The molecular formula is C16H23N. The predicted octanol–water partition coefficient (Wildman–Crippen LogP) is 2.95. The molecule has 5 rings (SSSR count). The van der Waals surface area contributed by atoms with Gasteiger partial charge in [-0.3, -0.25) is 0 Å². The molecule has 2 bridgehead atoms. The summed E-state index contributed by atoms with van der Waals surface area (Å²) in [5.41, 5.74) is 0. The predicted molar refractivity (Wildman–Crippen MR) is 70.6 cm³/mol. The largest absolute Gasteiger partial charge is 0.303 e. The van der Waals surface area contributed by atoms with Gasteiger partial charge in [-0.1, -0.05) is 37.6 Å². The van der Waals surface area contributed by atoms with Crippen LogP contribution in [0.3, 0.4) is 0 Å². The second-order valence-corrected chi connectivity index (χ2v) is 6.52. The van der Waals surface area contributed by atoms with Crippen LogP contribution in [0.25, 0.3) is 0 Å². The molecule has 0 aromatic heterocycles. The maximum absolute atomic E-state index is 2.75. The molecule has 0 spiro atoms. The topological polar surface area (TPSA) is 3.24 Å². The van der Waals surface area contributed by atoms with Gasteiger partial charge in [-0.2, -0.15) is 0 Å². The van der Waals surface area contributed by atoms with Crippen molar-refractivity contribution in [2.24, 2.45) is 35.5 Å². The van der Waals surface area contributed by atoms with Crippen LogP contribution in [0.4, 0.5) is 0 Å². The van der Waals surface area contributed by atoms with Gasteiger partial charge in [0.1, 0.15) is 0 Å². The summed E-state index contributed by atoms with van der Waals surface area (Å²) in [6, 6.07) is 0. The van der Waals surface area contributed by atoms with E-state index in [1.165, 1.54) is 32.5 Å². The van der Waals surface area contributed by atoms with Crippen molar-refractivity contribution in [2.75, 3.05) is 19.6 Å². The molecule has 6 unspecified atom stereocenters. The lowest BCUT2D eigenvalue weighted by Gasteiger charge is -2.53. The summed E-state index contributed by atoms with van der Waals surface area (Å²) in [6.45, 7) is 6.41. The van der Waals surface area contributed by atoms with Crippen molar-refractivity contribution in [3.05, 3.63) is 24.3 Å². The van der Waals surface area contributed by atoms with Crippen LogP contribution in [0.1, 0.15) is 19.8 Å². The van der Waals surface area contributed by atoms with Crippen molar-refractivity contribution in [3.63, 3.8) is 0 Å². The summed E-state index contributed by atoms with van der Waals surface area (Å²) < 4.78 is 0. The van der Waals surface area contributed by atoms with Gasteiger partial charge in [0.05, 0.1) is 0 Å². The van der Waals surface area contributed by atoms with Crippen LogP contribution in [0.15, 0.2) is 24.3 Å². The first-order chi connectivity index (χ1) is 8.38. The smallest absolute Gasteiger partial charge is 0.00190 e. The number of hydrogen-bond donors (Lipinski definition) is 0. The van der Waals surface area contributed by atoms with Crippen LogP contribution >= 0.6 is 0 Å². The molecular weight excluding hydrogens is 206 g/mol. The van der Waals surface area contributed by atoms with Gasteiger partial charge in [-0.05, 0) is 48.5 Å². The van der Waals surface area contributed by atoms with Gasteiger partial charge < -0.3 is 4.90 Å². The average Bonchev–Trinajstić information content (AvgIpc) is 2.71. The van der Waals surface area contributed by atoms with Crippen LogP contribution in [0, 0.1) is 35.5 Å². The average molecular weight is 229 g/mol. The summed E-state index contributed by atoms with van der Waals surface area (Å²) in [7, 11) is 0. The zero-order chi connectivity index (χ0) is 11.4. The van der Waals surface area contributed by atoms with Gasteiger partial charge in [0.25, 0.3) is 0 Å². The van der Waals surface area contributed by atoms with E-state index in [1.807, 2.05) is 0 Å². The zero-order valence-electron chi connectivity index (χ0n) is 10.8. The summed E-state index contributed by atoms with van der Waals surface area (Å²) in [4.78, 5) is 2.75. The molecule has 1 heteroatoms. The molecule has 6 atom stereocenters. The minimum absolute atomic E-state index is 0.881. The molecule has 92 valence electrons. The van der Waals surface area contributed by atoms with Gasteiger partial charge >= 0.3 is 0 Å². The van der Waals surface area contributed by atoms with Crippen LogP contribution in [-0.2, 0) is 0 Å². The molecule has 1 heterocycles. The Bertz CT molecular complexity index is 340. The first-order valence-corrected chi connectivity index (χ1v) is 7.47. The van der Waals surface area contributed by atoms with Gasteiger partial charge in [0.15, 0.2) is 0 Å². The van der Waals surface area contributed by atoms with Crippen LogP contribution in [0.2, 0.25) is 0 Å². The van der Waals surface area contributed by atoms with Crippen molar-refractivity contribution >= 4 is 0 Å². The Morgan fingerprint density at radius 1 is 0.882 bits per heavy atom. The normalized spacial score (nSPS) is 50.2. The third-order valence-corrected chi connectivity index (χ3v) is 5.75. The Balaban J connectivity index is 1.53. The first kappa shape index (κ1) is 10.4. The fourth-order valence-electron chi connectivity index (χ4n) is 4.83. The first-order valence-electron chi connectivity index (χ1n) is 7.47. The van der Waals surface area contributed by atoms with Crippen LogP contribution in [0.5, 0.6) is 0 Å². The summed E-state index contributed by atoms with van der Waals surface area (Å²) >= 11 is 0. The number of rotatable bonds is 3. The van der Waals surface area contributed by atoms with E-state index < -0.39 is 0 Å². The number of allylic oxidation sites excluding steroid dienone is 4. The molecule has 2 fully saturated rings. The minimum atomic E-state index is 0.881. The molecule has 0 radical (unpaired) electrons. The quantitative estimate of drug-likeness (QED) is 0.673. The Morgan fingerprint density at radius 3 is 1.88 bits per heavy atom. The van der Waals surface area contributed by atoms with Crippen molar-refractivity contribution in [3.8, 4) is 0 Å². The van der Waals surface area contributed by atoms with Crippen molar-refractivity contribution in [2.45, 2.75) is 19.8 Å². The highest BCUT2D eigenvalue weighted by Crippen LogP contribution is 2.57. The lowest BCUT2D eigenvalue weighted by Crippen LogP contribution is -2.49. The molecule has 0 N–H and O–H groups in total. The summed E-state index contributed by atoms with van der Waals surface area (Å²) in [6.07, 6.45) is 12.8. The molecule has 0 aromatic carbocycles. The molecule has 1 aliphatic heterocycles. The van der Waals surface area contributed by atoms with Crippen molar-refractivity contribution in [1.82, 2.24) is 4.90 Å². The van der Waals surface area contributed by atoms with Gasteiger partial charge in [0, 0.05) is 13.1 Å². The third-order valence-electron chi connectivity index (χ3n) is 5.75. The highest BCUT2D eigenvalue weighted by Gasteiger charge is 2.54. The van der Waals surface area contributed by atoms with Crippen molar-refractivity contribution < 1.29 is 0 Å². The second-order valence-electron chi connectivity index (χ2n) is 6.52. The fraction of sp³-hybridized carbons (Fsp3) is 0.750. The Labute approximate surface area is 105 Å². The van der Waals surface area contributed by atoms with E-state index in [4.69, 9.17) is 0 Å². The zero-order valence-corrected chi connectivity index (χ0v) is 10.8. The fourth-order valence-corrected chi connectivity index (χ4v) is 4.83. The maximum atomic E-state index is 2.75. The molecule has 1 nitrogen and oxygen atoms in total. The van der Waals surface area contributed by atoms with E-state index in [-0.39, 0.29) is 0 Å². The minimum Gasteiger partial charge on any atom is -0.303 e. The van der Waals surface area contributed by atoms with Gasteiger partial charge in [-0.25, -0.2) is 0 Å². The lowest BCUT2D eigenvalue weighted by atomic mass is 9.50. The second kappa shape index (κ2) is 3.71. The van der Waals surface area contributed by atoms with E-state index in [9.17, 15) is 0 Å². The highest BCUT2D eigenvalue weighted by atomic mass is 15.2. The SMILES string of the molecule is CCCCN1CC2C3C=CC(C4C=CC43)C2C1. The monoisotopic (exact) mass is 229 g/mol. The Kier molecular flexibility index (Phi) is 2.27. The third kappa shape index (κ3) is 1.35. The highest BCUT2D eigenvalue weighted by molar-refractivity contribution is 5.28. The molecule has 0 aromatic rings. The maximum Gasteiger partial charge on any atom is 0.00190 e. The molecule has 5 aliphatic rings. The van der Waals surface area contributed by atoms with E-state index >= 15 is 0 Å². The van der Waals surface area contributed by atoms with Gasteiger partial charge in [-0.15, -0.1) is 0 Å². The summed E-state index contributed by atoms with van der Waals surface area (Å²) in [5, 5.41) is 0. The summed E-state index contributed by atoms with van der Waals surface area (Å²) in [5.74, 6) is 5.55. The number of likely N-dealkylation sites (tertiary alicyclic amines) is 1. The number of unbranched alkanes of at least 4 members (excludes halogenated alkanes) is 1.